The molecule has 0 aliphatic heterocycles. The lowest BCUT2D eigenvalue weighted by Crippen LogP contribution is -2.27. The molecule has 2 nitrogen and oxygen atoms in total. The van der Waals surface area contributed by atoms with Crippen molar-refractivity contribution in [3.63, 3.8) is 0 Å². The monoisotopic (exact) mass is 258 g/mol. The molecule has 0 amide bonds. The van der Waals surface area contributed by atoms with Gasteiger partial charge in [0.1, 0.15) is 0 Å². The summed E-state index contributed by atoms with van der Waals surface area (Å²) in [6.07, 6.45) is 2.20. The lowest BCUT2D eigenvalue weighted by molar-refractivity contribution is 0.198. The van der Waals surface area contributed by atoms with Crippen LogP contribution >= 0.6 is 0 Å². The molecule has 0 spiro atoms. The van der Waals surface area contributed by atoms with E-state index in [0.29, 0.717) is 0 Å². The summed E-state index contributed by atoms with van der Waals surface area (Å²) in [6.45, 7) is 8.95. The Morgan fingerprint density at radius 3 is 2.72 bits per heavy atom. The van der Waals surface area contributed by atoms with Crippen molar-refractivity contribution in [1.29, 1.82) is 5.26 Å². The molecule has 1 aromatic rings. The molecule has 1 aliphatic rings. The summed E-state index contributed by atoms with van der Waals surface area (Å²) < 4.78 is 6.29. The highest BCUT2D eigenvalue weighted by molar-refractivity contribution is 6.53. The number of rotatable bonds is 2. The predicted molar refractivity (Wildman–Crippen MR) is 74.6 cm³/mol. The van der Waals surface area contributed by atoms with Gasteiger partial charge in [0.15, 0.2) is 0 Å². The minimum atomic E-state index is -0.832. The second-order valence-electron chi connectivity index (χ2n) is 5.94. The largest absolute Gasteiger partial charge is 0.409 e. The van der Waals surface area contributed by atoms with E-state index >= 15 is 0 Å². The van der Waals surface area contributed by atoms with Crippen molar-refractivity contribution < 1.29 is 4.43 Å². The Morgan fingerprint density at radius 2 is 2.11 bits per heavy atom. The molecule has 1 radical (unpaired) electrons. The molecule has 0 N–H and O–H groups in total. The van der Waals surface area contributed by atoms with Crippen molar-refractivity contribution in [2.75, 3.05) is 0 Å². The molecule has 0 saturated carbocycles. The summed E-state index contributed by atoms with van der Waals surface area (Å²) in [5.41, 5.74) is 3.26. The van der Waals surface area contributed by atoms with Crippen molar-refractivity contribution in [1.82, 2.24) is 0 Å². The van der Waals surface area contributed by atoms with Crippen LogP contribution in [-0.4, -0.2) is 9.04 Å². The van der Waals surface area contributed by atoms with Crippen LogP contribution in [0.5, 0.6) is 0 Å². The zero-order valence-electron chi connectivity index (χ0n) is 11.6. The number of nitriles is 1. The number of nitrogens with zero attached hydrogens (tertiary/aromatic N) is 1. The lowest BCUT2D eigenvalue weighted by atomic mass is 10.0. The van der Waals surface area contributed by atoms with E-state index in [9.17, 15) is 0 Å². The van der Waals surface area contributed by atoms with Crippen molar-refractivity contribution in [3.05, 3.63) is 34.9 Å². The molecule has 0 saturated heterocycles. The van der Waals surface area contributed by atoms with Crippen LogP contribution in [0.3, 0.4) is 0 Å². The molecular formula is C15H20NOSi. The maximum atomic E-state index is 9.11. The van der Waals surface area contributed by atoms with Crippen LogP contribution in [0.4, 0.5) is 0 Å². The molecule has 3 heteroatoms. The van der Waals surface area contributed by atoms with E-state index in [1.54, 1.807) is 0 Å². The van der Waals surface area contributed by atoms with E-state index in [4.69, 9.17) is 9.69 Å². The molecule has 2 rings (SSSR count). The average Bonchev–Trinajstić information content (AvgIpc) is 2.71. The molecule has 1 aliphatic carbocycles. The minimum absolute atomic E-state index is 0.200. The van der Waals surface area contributed by atoms with Crippen LogP contribution in [0, 0.1) is 11.3 Å². The van der Waals surface area contributed by atoms with Gasteiger partial charge in [-0.05, 0) is 41.6 Å². The van der Waals surface area contributed by atoms with Crippen LogP contribution in [0.2, 0.25) is 11.6 Å². The Bertz CT molecular complexity index is 484. The highest BCUT2D eigenvalue weighted by atomic mass is 28.3. The topological polar surface area (TPSA) is 33.0 Å². The van der Waals surface area contributed by atoms with Crippen LogP contribution < -0.4 is 0 Å². The number of hydrogen-bond acceptors (Lipinski definition) is 2. The zero-order valence-corrected chi connectivity index (χ0v) is 12.6. The van der Waals surface area contributed by atoms with Crippen LogP contribution in [0.15, 0.2) is 18.2 Å². The maximum Gasteiger partial charge on any atom is 0.214 e. The predicted octanol–water partition coefficient (Wildman–Crippen LogP) is 3.98. The Morgan fingerprint density at radius 1 is 1.39 bits per heavy atom. The third kappa shape index (κ3) is 2.50. The number of fused-ring (bicyclic) bond motifs is 1. The first-order valence-electron chi connectivity index (χ1n) is 6.46. The molecule has 0 aromatic heterocycles. The van der Waals surface area contributed by atoms with Crippen molar-refractivity contribution in [3.8, 4) is 6.07 Å². The van der Waals surface area contributed by atoms with Gasteiger partial charge in [0.25, 0.3) is 0 Å². The van der Waals surface area contributed by atoms with Gasteiger partial charge >= 0.3 is 0 Å². The fraction of sp³-hybridized carbons (Fsp3) is 0.533. The van der Waals surface area contributed by atoms with Gasteiger partial charge in [-0.15, -0.1) is 0 Å². The highest BCUT2D eigenvalue weighted by Crippen LogP contribution is 2.39. The molecule has 0 fully saturated rings. The van der Waals surface area contributed by atoms with Gasteiger partial charge in [0.2, 0.25) is 9.04 Å². The van der Waals surface area contributed by atoms with Crippen molar-refractivity contribution >= 4 is 9.04 Å². The highest BCUT2D eigenvalue weighted by Gasteiger charge is 2.31. The standard InChI is InChI=1S/C15H20NOSi/c1-15(2,3)18(4)17-14-9-8-12-11(10-16)6-5-7-13(12)14/h5-7,14H,8-9H2,1-4H3/t14-/m0/s1. The van der Waals surface area contributed by atoms with E-state index < -0.39 is 9.04 Å². The van der Waals surface area contributed by atoms with Gasteiger partial charge in [-0.25, -0.2) is 0 Å². The summed E-state index contributed by atoms with van der Waals surface area (Å²) in [7, 11) is -0.832. The fourth-order valence-corrected chi connectivity index (χ4v) is 3.26. The van der Waals surface area contributed by atoms with E-state index in [1.807, 2.05) is 12.1 Å². The normalized spacial score (nSPS) is 18.8. The average molecular weight is 258 g/mol. The van der Waals surface area contributed by atoms with Gasteiger partial charge in [-0.3, -0.25) is 0 Å². The van der Waals surface area contributed by atoms with E-state index in [0.717, 1.165) is 18.4 Å². The minimum Gasteiger partial charge on any atom is -0.409 e. The van der Waals surface area contributed by atoms with Crippen LogP contribution in [-0.2, 0) is 10.8 Å². The summed E-state index contributed by atoms with van der Waals surface area (Å²) in [5.74, 6) is 0. The van der Waals surface area contributed by atoms with Gasteiger partial charge in [-0.2, -0.15) is 5.26 Å². The second-order valence-corrected chi connectivity index (χ2v) is 8.78. The van der Waals surface area contributed by atoms with Crippen molar-refractivity contribution in [2.24, 2.45) is 0 Å². The molecule has 0 bridgehead atoms. The van der Waals surface area contributed by atoms with Crippen LogP contribution in [0.25, 0.3) is 0 Å². The maximum absolute atomic E-state index is 9.11. The summed E-state index contributed by atoms with van der Waals surface area (Å²) in [5, 5.41) is 9.36. The van der Waals surface area contributed by atoms with E-state index in [-0.39, 0.29) is 11.1 Å². The Balaban J connectivity index is 2.21. The molecule has 1 atom stereocenters. The Labute approximate surface area is 111 Å². The van der Waals surface area contributed by atoms with Gasteiger partial charge < -0.3 is 4.43 Å². The first-order valence-corrected chi connectivity index (χ1v) is 8.37. The first-order chi connectivity index (χ1) is 8.43. The van der Waals surface area contributed by atoms with Crippen molar-refractivity contribution in [2.45, 2.75) is 51.3 Å². The molecule has 0 unspecified atom stereocenters. The third-order valence-electron chi connectivity index (χ3n) is 3.71. The van der Waals surface area contributed by atoms with Gasteiger partial charge in [0.05, 0.1) is 17.7 Å². The van der Waals surface area contributed by atoms with Gasteiger partial charge in [-0.1, -0.05) is 32.9 Å². The first kappa shape index (κ1) is 13.3. The lowest BCUT2D eigenvalue weighted by Gasteiger charge is -2.28. The van der Waals surface area contributed by atoms with Gasteiger partial charge in [0, 0.05) is 0 Å². The fourth-order valence-electron chi connectivity index (χ4n) is 2.23. The molecular weight excluding hydrogens is 238 g/mol. The van der Waals surface area contributed by atoms with E-state index in [2.05, 4.69) is 39.5 Å². The summed E-state index contributed by atoms with van der Waals surface area (Å²) in [4.78, 5) is 0. The smallest absolute Gasteiger partial charge is 0.214 e. The van der Waals surface area contributed by atoms with Crippen LogP contribution in [0.1, 0.15) is 50.0 Å². The van der Waals surface area contributed by atoms with E-state index in [1.165, 1.54) is 11.1 Å². The molecule has 95 valence electrons. The summed E-state index contributed by atoms with van der Waals surface area (Å²) in [6, 6.07) is 8.28. The quantitative estimate of drug-likeness (QED) is 0.752. The number of benzene rings is 1. The zero-order chi connectivity index (χ0) is 13.3. The molecule has 1 aromatic carbocycles. The second kappa shape index (κ2) is 4.87. The Hall–Kier alpha value is -1.11. The molecule has 0 heterocycles. The number of hydrogen-bond donors (Lipinski definition) is 0. The molecule has 18 heavy (non-hydrogen) atoms. The Kier molecular flexibility index (Phi) is 3.60. The SMILES string of the molecule is C[Si](O[C@H]1CCc2c(C#N)cccc21)C(C)(C)C. The third-order valence-corrected chi connectivity index (χ3v) is 6.46. The summed E-state index contributed by atoms with van der Waals surface area (Å²) >= 11 is 0.